The van der Waals surface area contributed by atoms with Crippen LogP contribution < -0.4 is 0 Å². The van der Waals surface area contributed by atoms with Crippen molar-refractivity contribution >= 4 is 55.8 Å². The van der Waals surface area contributed by atoms with E-state index in [1.807, 2.05) is 0 Å². The number of sulfone groups is 1. The van der Waals surface area contributed by atoms with E-state index in [0.717, 1.165) is 5.56 Å². The first-order valence-corrected chi connectivity index (χ1v) is 9.99. The van der Waals surface area contributed by atoms with E-state index in [1.165, 1.54) is 18.3 Å². The number of aromatic nitrogens is 1. The van der Waals surface area contributed by atoms with Crippen LogP contribution in [0.1, 0.15) is 5.56 Å². The number of carbonyl (C=O) groups is 1. The topological polar surface area (TPSA) is 64.1 Å². The second kappa shape index (κ2) is 7.58. The molecule has 0 amide bonds. The van der Waals surface area contributed by atoms with Crippen molar-refractivity contribution in [1.29, 1.82) is 0 Å². The maximum atomic E-state index is 12.5. The lowest BCUT2D eigenvalue weighted by atomic mass is 10.2. The van der Waals surface area contributed by atoms with Gasteiger partial charge >= 0.3 is 0 Å². The summed E-state index contributed by atoms with van der Waals surface area (Å²) in [6.07, 6.45) is 4.04. The minimum Gasteiger partial charge on any atom is -0.294 e. The van der Waals surface area contributed by atoms with Crippen molar-refractivity contribution in [1.82, 2.24) is 4.98 Å². The molecule has 1 heterocycles. The molecular formula is C19H13Cl2NO3S. The van der Waals surface area contributed by atoms with Crippen molar-refractivity contribution in [3.63, 3.8) is 0 Å². The molecule has 0 N–H and O–H groups in total. The Balaban J connectivity index is 1.78. The number of carbonyl (C=O) groups excluding carboxylic acids is 1. The van der Waals surface area contributed by atoms with E-state index < -0.39 is 21.4 Å². The normalized spacial score (nSPS) is 11.9. The summed E-state index contributed by atoms with van der Waals surface area (Å²) in [7, 11) is -3.79. The van der Waals surface area contributed by atoms with Gasteiger partial charge in [-0.25, -0.2) is 8.42 Å². The molecule has 3 rings (SSSR count). The Morgan fingerprint density at radius 2 is 1.69 bits per heavy atom. The van der Waals surface area contributed by atoms with Crippen LogP contribution in [0.15, 0.2) is 65.7 Å². The van der Waals surface area contributed by atoms with Gasteiger partial charge in [0.25, 0.3) is 0 Å². The highest BCUT2D eigenvalue weighted by atomic mass is 35.5. The Labute approximate surface area is 161 Å². The molecule has 26 heavy (non-hydrogen) atoms. The van der Waals surface area contributed by atoms with Gasteiger partial charge in [-0.3, -0.25) is 9.78 Å². The fourth-order valence-electron chi connectivity index (χ4n) is 2.33. The third-order valence-corrected chi connectivity index (χ3v) is 5.74. The van der Waals surface area contributed by atoms with Gasteiger partial charge in [-0.05, 0) is 42.0 Å². The fourth-order valence-corrected chi connectivity index (χ4v) is 3.78. The monoisotopic (exact) mass is 405 g/mol. The highest BCUT2D eigenvalue weighted by Crippen LogP contribution is 2.21. The van der Waals surface area contributed by atoms with E-state index >= 15 is 0 Å². The number of rotatable bonds is 5. The smallest absolute Gasteiger partial charge is 0.187 e. The van der Waals surface area contributed by atoms with Crippen LogP contribution in [0.5, 0.6) is 0 Å². The first-order valence-electron chi connectivity index (χ1n) is 7.58. The number of benzene rings is 2. The lowest BCUT2D eigenvalue weighted by molar-refractivity contribution is -0.112. The lowest BCUT2D eigenvalue weighted by Gasteiger charge is -2.04. The second-order valence-corrected chi connectivity index (χ2v) is 8.48. The number of allylic oxidation sites excluding steroid dienone is 1. The molecule has 132 valence electrons. The average molecular weight is 406 g/mol. The Morgan fingerprint density at radius 1 is 1.00 bits per heavy atom. The molecule has 0 atom stereocenters. The van der Waals surface area contributed by atoms with Gasteiger partial charge in [0.2, 0.25) is 0 Å². The Morgan fingerprint density at radius 3 is 2.42 bits per heavy atom. The van der Waals surface area contributed by atoms with Crippen molar-refractivity contribution < 1.29 is 13.2 Å². The predicted octanol–water partition coefficient (Wildman–Crippen LogP) is 4.60. The molecule has 0 unspecified atom stereocenters. The predicted molar refractivity (Wildman–Crippen MR) is 104 cm³/mol. The van der Waals surface area contributed by atoms with Gasteiger partial charge in [-0.2, -0.15) is 0 Å². The number of ketones is 1. The molecule has 0 saturated heterocycles. The Hall–Kier alpha value is -2.21. The summed E-state index contributed by atoms with van der Waals surface area (Å²) in [5.41, 5.74) is 1.34. The zero-order valence-electron chi connectivity index (χ0n) is 13.4. The number of hydrogen-bond acceptors (Lipinski definition) is 4. The van der Waals surface area contributed by atoms with E-state index in [0.29, 0.717) is 20.9 Å². The number of halogens is 2. The summed E-state index contributed by atoms with van der Waals surface area (Å²) in [4.78, 5) is 16.2. The molecule has 3 aromatic rings. The van der Waals surface area contributed by atoms with Gasteiger partial charge in [0.1, 0.15) is 5.75 Å². The SMILES string of the molecule is O=C(/C=C/c1ccc(Cl)cc1)CS(=O)(=O)c1cnc2cc(Cl)ccc2c1. The third-order valence-electron chi connectivity index (χ3n) is 3.64. The van der Waals surface area contributed by atoms with Crippen LogP contribution in [-0.2, 0) is 14.6 Å². The molecule has 0 aliphatic heterocycles. The van der Waals surface area contributed by atoms with E-state index in [4.69, 9.17) is 23.2 Å². The molecule has 0 aliphatic carbocycles. The molecule has 2 aromatic carbocycles. The minimum atomic E-state index is -3.79. The average Bonchev–Trinajstić information content (AvgIpc) is 2.60. The van der Waals surface area contributed by atoms with Crippen molar-refractivity contribution in [3.05, 3.63) is 76.4 Å². The second-order valence-electron chi connectivity index (χ2n) is 5.62. The van der Waals surface area contributed by atoms with Gasteiger partial charge in [0.05, 0.1) is 10.4 Å². The first kappa shape index (κ1) is 18.6. The van der Waals surface area contributed by atoms with E-state index in [2.05, 4.69) is 4.98 Å². The Kier molecular flexibility index (Phi) is 5.41. The van der Waals surface area contributed by atoms with E-state index in [1.54, 1.807) is 48.5 Å². The zero-order chi connectivity index (χ0) is 18.7. The van der Waals surface area contributed by atoms with Crippen LogP contribution in [0.2, 0.25) is 10.0 Å². The lowest BCUT2D eigenvalue weighted by Crippen LogP contribution is -2.14. The van der Waals surface area contributed by atoms with Crippen LogP contribution in [-0.4, -0.2) is 24.9 Å². The number of nitrogens with zero attached hydrogens (tertiary/aromatic N) is 1. The van der Waals surface area contributed by atoms with Crippen molar-refractivity contribution in [2.75, 3.05) is 5.75 Å². The van der Waals surface area contributed by atoms with Crippen molar-refractivity contribution in [3.8, 4) is 0 Å². The summed E-state index contributed by atoms with van der Waals surface area (Å²) < 4.78 is 24.9. The molecular weight excluding hydrogens is 393 g/mol. The van der Waals surface area contributed by atoms with Gasteiger partial charge in [0, 0.05) is 21.6 Å². The molecule has 0 aliphatic rings. The minimum absolute atomic E-state index is 0.000523. The summed E-state index contributed by atoms with van der Waals surface area (Å²) in [6.45, 7) is 0. The summed E-state index contributed by atoms with van der Waals surface area (Å²) in [5.74, 6) is -1.14. The number of pyridine rings is 1. The van der Waals surface area contributed by atoms with Crippen molar-refractivity contribution in [2.45, 2.75) is 4.90 Å². The third kappa shape index (κ3) is 4.49. The first-order chi connectivity index (χ1) is 12.3. The highest BCUT2D eigenvalue weighted by molar-refractivity contribution is 7.92. The fraction of sp³-hybridized carbons (Fsp3) is 0.0526. The largest absolute Gasteiger partial charge is 0.294 e. The van der Waals surface area contributed by atoms with Gasteiger partial charge in [-0.15, -0.1) is 0 Å². The number of fused-ring (bicyclic) bond motifs is 1. The quantitative estimate of drug-likeness (QED) is 0.581. The molecule has 0 spiro atoms. The Bertz CT molecular complexity index is 1110. The summed E-state index contributed by atoms with van der Waals surface area (Å²) in [6, 6.07) is 13.3. The maximum absolute atomic E-state index is 12.5. The van der Waals surface area contributed by atoms with Crippen LogP contribution >= 0.6 is 23.2 Å². The molecule has 0 bridgehead atoms. The summed E-state index contributed by atoms with van der Waals surface area (Å²) in [5, 5.41) is 1.74. The zero-order valence-corrected chi connectivity index (χ0v) is 15.7. The molecule has 0 fully saturated rings. The van der Waals surface area contributed by atoms with E-state index in [-0.39, 0.29) is 4.90 Å². The van der Waals surface area contributed by atoms with Crippen LogP contribution in [0.3, 0.4) is 0 Å². The summed E-state index contributed by atoms with van der Waals surface area (Å²) >= 11 is 11.7. The molecule has 0 saturated carbocycles. The van der Waals surface area contributed by atoms with Gasteiger partial charge < -0.3 is 0 Å². The molecule has 0 radical (unpaired) electrons. The van der Waals surface area contributed by atoms with Crippen LogP contribution in [0.4, 0.5) is 0 Å². The van der Waals surface area contributed by atoms with Crippen LogP contribution in [0, 0.1) is 0 Å². The maximum Gasteiger partial charge on any atom is 0.187 e. The molecule has 4 nitrogen and oxygen atoms in total. The molecule has 7 heteroatoms. The number of hydrogen-bond donors (Lipinski definition) is 0. The van der Waals surface area contributed by atoms with Gasteiger partial charge in [-0.1, -0.05) is 47.5 Å². The molecule has 1 aromatic heterocycles. The van der Waals surface area contributed by atoms with Gasteiger partial charge in [0.15, 0.2) is 15.6 Å². The van der Waals surface area contributed by atoms with Crippen LogP contribution in [0.25, 0.3) is 17.0 Å². The highest BCUT2D eigenvalue weighted by Gasteiger charge is 2.19. The van der Waals surface area contributed by atoms with E-state index in [9.17, 15) is 13.2 Å². The van der Waals surface area contributed by atoms with Crippen molar-refractivity contribution in [2.24, 2.45) is 0 Å². The standard InChI is InChI=1S/C19H13Cl2NO3S/c20-15-5-1-13(2-6-15)3-8-17(23)12-26(24,25)18-9-14-4-7-16(21)10-19(14)22-11-18/h1-11H,12H2/b8-3+.